The molecule has 3 fully saturated rings. The van der Waals surface area contributed by atoms with Crippen molar-refractivity contribution in [1.29, 1.82) is 0 Å². The highest BCUT2D eigenvalue weighted by molar-refractivity contribution is 5.83. The number of carbonyl (C=O) groups is 1. The van der Waals surface area contributed by atoms with Crippen molar-refractivity contribution in [1.82, 2.24) is 4.98 Å². The zero-order chi connectivity index (χ0) is 12.3. The third kappa shape index (κ3) is 1.19. The van der Waals surface area contributed by atoms with Crippen LogP contribution in [0.3, 0.4) is 0 Å². The van der Waals surface area contributed by atoms with E-state index in [1.165, 1.54) is 0 Å². The molecule has 0 radical (unpaired) electrons. The molecule has 94 valence electrons. The van der Waals surface area contributed by atoms with Gasteiger partial charge < -0.3 is 10.0 Å². The molecule has 0 aromatic carbocycles. The monoisotopic (exact) mass is 244 g/mol. The minimum atomic E-state index is -0.241. The number of hydrogen-bond acceptors (Lipinski definition) is 4. The van der Waals surface area contributed by atoms with E-state index in [0.29, 0.717) is 23.3 Å². The van der Waals surface area contributed by atoms with Crippen LogP contribution >= 0.6 is 0 Å². The highest BCUT2D eigenvalue weighted by Gasteiger charge is 2.59. The Morgan fingerprint density at radius 2 is 2.28 bits per heavy atom. The Morgan fingerprint density at radius 1 is 1.39 bits per heavy atom. The van der Waals surface area contributed by atoms with Crippen LogP contribution in [0, 0.1) is 17.8 Å². The summed E-state index contributed by atoms with van der Waals surface area (Å²) in [6, 6.07) is 3.77. The molecule has 2 heterocycles. The third-order valence-electron chi connectivity index (χ3n) is 5.06. The van der Waals surface area contributed by atoms with Crippen molar-refractivity contribution in [2.75, 3.05) is 11.4 Å². The number of fused-ring (bicyclic) bond motifs is 1. The van der Waals surface area contributed by atoms with Crippen LogP contribution < -0.4 is 4.90 Å². The van der Waals surface area contributed by atoms with Crippen molar-refractivity contribution >= 4 is 12.1 Å². The standard InChI is InChI=1S/C14H16N2O2/c17-7-8-2-1-3-15-14(8)16-6-10-4-9-5-11(10)12(16)13(9)18/h1-3,7,9-13,18H,4-6H2. The molecule has 3 aliphatic rings. The number of aldehydes is 1. The maximum Gasteiger partial charge on any atom is 0.153 e. The van der Waals surface area contributed by atoms with Gasteiger partial charge in [0.2, 0.25) is 0 Å². The summed E-state index contributed by atoms with van der Waals surface area (Å²) in [4.78, 5) is 17.7. The number of aliphatic hydroxyl groups is 1. The molecule has 0 amide bonds. The molecule has 1 aromatic rings. The second kappa shape index (κ2) is 3.54. The second-order valence-electron chi connectivity index (χ2n) is 5.82. The average molecular weight is 244 g/mol. The van der Waals surface area contributed by atoms with Crippen LogP contribution in [0.25, 0.3) is 0 Å². The molecule has 2 bridgehead atoms. The lowest BCUT2D eigenvalue weighted by Crippen LogP contribution is -2.41. The molecule has 2 saturated carbocycles. The van der Waals surface area contributed by atoms with Gasteiger partial charge in [0.05, 0.1) is 17.7 Å². The van der Waals surface area contributed by atoms with Crippen molar-refractivity contribution in [3.8, 4) is 0 Å². The van der Waals surface area contributed by atoms with Gasteiger partial charge in [0, 0.05) is 12.7 Å². The molecule has 5 atom stereocenters. The number of nitrogens with zero attached hydrogens (tertiary/aromatic N) is 2. The number of anilines is 1. The first-order valence-electron chi connectivity index (χ1n) is 6.64. The van der Waals surface area contributed by atoms with Crippen LogP contribution in [0.1, 0.15) is 23.2 Å². The third-order valence-corrected chi connectivity index (χ3v) is 5.06. The van der Waals surface area contributed by atoms with Crippen molar-refractivity contribution in [2.24, 2.45) is 17.8 Å². The lowest BCUT2D eigenvalue weighted by molar-refractivity contribution is 0.0963. The van der Waals surface area contributed by atoms with Gasteiger partial charge in [-0.15, -0.1) is 0 Å². The van der Waals surface area contributed by atoms with E-state index in [1.807, 2.05) is 0 Å². The fourth-order valence-electron chi connectivity index (χ4n) is 4.40. The normalized spacial score (nSPS) is 40.5. The van der Waals surface area contributed by atoms with Crippen molar-refractivity contribution < 1.29 is 9.90 Å². The first-order chi connectivity index (χ1) is 8.79. The van der Waals surface area contributed by atoms with E-state index in [0.717, 1.165) is 31.5 Å². The fraction of sp³-hybridized carbons (Fsp3) is 0.571. The Hall–Kier alpha value is -1.42. The Balaban J connectivity index is 1.76. The largest absolute Gasteiger partial charge is 0.391 e. The van der Waals surface area contributed by atoms with E-state index in [4.69, 9.17) is 0 Å². The van der Waals surface area contributed by atoms with Gasteiger partial charge in [-0.25, -0.2) is 4.98 Å². The van der Waals surface area contributed by atoms with Gasteiger partial charge in [0.1, 0.15) is 5.82 Å². The molecular weight excluding hydrogens is 228 g/mol. The van der Waals surface area contributed by atoms with Gasteiger partial charge in [-0.3, -0.25) is 4.79 Å². The zero-order valence-electron chi connectivity index (χ0n) is 10.1. The van der Waals surface area contributed by atoms with Crippen molar-refractivity contribution in [3.05, 3.63) is 23.9 Å². The van der Waals surface area contributed by atoms with Crippen LogP contribution in [0.4, 0.5) is 5.82 Å². The Bertz CT molecular complexity index is 502. The summed E-state index contributed by atoms with van der Waals surface area (Å²) in [7, 11) is 0. The highest BCUT2D eigenvalue weighted by atomic mass is 16.3. The number of aliphatic hydroxyl groups excluding tert-OH is 1. The number of hydrogen-bond donors (Lipinski definition) is 1. The molecule has 18 heavy (non-hydrogen) atoms. The van der Waals surface area contributed by atoms with Crippen LogP contribution in [0.2, 0.25) is 0 Å². The van der Waals surface area contributed by atoms with E-state index >= 15 is 0 Å². The first kappa shape index (κ1) is 10.5. The summed E-state index contributed by atoms with van der Waals surface area (Å²) in [5, 5.41) is 10.3. The Kier molecular flexibility index (Phi) is 2.07. The van der Waals surface area contributed by atoms with Gasteiger partial charge in [-0.2, -0.15) is 0 Å². The van der Waals surface area contributed by atoms with Gasteiger partial charge in [0.15, 0.2) is 6.29 Å². The molecule has 2 aliphatic carbocycles. The van der Waals surface area contributed by atoms with E-state index in [9.17, 15) is 9.90 Å². The first-order valence-corrected chi connectivity index (χ1v) is 6.64. The van der Waals surface area contributed by atoms with E-state index in [2.05, 4.69) is 9.88 Å². The number of rotatable bonds is 2. The summed E-state index contributed by atoms with van der Waals surface area (Å²) in [5.41, 5.74) is 0.634. The Labute approximate surface area is 106 Å². The zero-order valence-corrected chi connectivity index (χ0v) is 10.1. The van der Waals surface area contributed by atoms with Crippen molar-refractivity contribution in [2.45, 2.75) is 25.0 Å². The predicted molar refractivity (Wildman–Crippen MR) is 66.5 cm³/mol. The van der Waals surface area contributed by atoms with E-state index in [1.54, 1.807) is 18.3 Å². The lowest BCUT2D eigenvalue weighted by atomic mass is 9.88. The molecule has 1 saturated heterocycles. The maximum absolute atomic E-state index is 11.1. The molecule has 1 aromatic heterocycles. The summed E-state index contributed by atoms with van der Waals surface area (Å²) in [5.74, 6) is 2.52. The summed E-state index contributed by atoms with van der Waals surface area (Å²) in [6.07, 6.45) is 4.64. The molecule has 4 nitrogen and oxygen atoms in total. The second-order valence-corrected chi connectivity index (χ2v) is 5.82. The SMILES string of the molecule is O=Cc1cccnc1N1CC2CC3CC2C1C3O. The average Bonchev–Trinajstić information content (AvgIpc) is 3.00. The van der Waals surface area contributed by atoms with Crippen LogP contribution in [-0.4, -0.2) is 35.1 Å². The van der Waals surface area contributed by atoms with Gasteiger partial charge in [-0.1, -0.05) is 0 Å². The maximum atomic E-state index is 11.1. The molecule has 4 heteroatoms. The minimum absolute atomic E-state index is 0.183. The molecule has 0 spiro atoms. The minimum Gasteiger partial charge on any atom is -0.391 e. The van der Waals surface area contributed by atoms with Crippen LogP contribution in [0.5, 0.6) is 0 Å². The molecular formula is C14H16N2O2. The predicted octanol–water partition coefficient (Wildman–Crippen LogP) is 1.10. The number of pyridine rings is 1. The van der Waals surface area contributed by atoms with E-state index in [-0.39, 0.29) is 12.1 Å². The smallest absolute Gasteiger partial charge is 0.153 e. The fourth-order valence-corrected chi connectivity index (χ4v) is 4.40. The van der Waals surface area contributed by atoms with Gasteiger partial charge in [-0.05, 0) is 42.7 Å². The summed E-state index contributed by atoms with van der Waals surface area (Å²) in [6.45, 7) is 0.945. The Morgan fingerprint density at radius 3 is 3.06 bits per heavy atom. The van der Waals surface area contributed by atoms with Crippen LogP contribution in [-0.2, 0) is 0 Å². The molecule has 1 aliphatic heterocycles. The van der Waals surface area contributed by atoms with Crippen LogP contribution in [0.15, 0.2) is 18.3 Å². The van der Waals surface area contributed by atoms with Crippen molar-refractivity contribution in [3.63, 3.8) is 0 Å². The number of carbonyl (C=O) groups excluding carboxylic acids is 1. The quantitative estimate of drug-likeness (QED) is 0.791. The summed E-state index contributed by atoms with van der Waals surface area (Å²) >= 11 is 0. The topological polar surface area (TPSA) is 53.4 Å². The highest BCUT2D eigenvalue weighted by Crippen LogP contribution is 2.55. The lowest BCUT2D eigenvalue weighted by Gasteiger charge is -2.30. The van der Waals surface area contributed by atoms with Gasteiger partial charge >= 0.3 is 0 Å². The molecule has 5 unspecified atom stereocenters. The molecule has 4 rings (SSSR count). The van der Waals surface area contributed by atoms with Gasteiger partial charge in [0.25, 0.3) is 0 Å². The summed E-state index contributed by atoms with van der Waals surface area (Å²) < 4.78 is 0. The van der Waals surface area contributed by atoms with E-state index < -0.39 is 0 Å². The number of aromatic nitrogens is 1. The molecule has 1 N–H and O–H groups in total.